The van der Waals surface area contributed by atoms with E-state index in [9.17, 15) is 28.0 Å². The highest BCUT2D eigenvalue weighted by Crippen LogP contribution is 2.34. The lowest BCUT2D eigenvalue weighted by Gasteiger charge is -2.18. The molecular formula is C48H71Cl2F2N9O4. The van der Waals surface area contributed by atoms with Crippen LogP contribution in [0.15, 0.2) is 42.6 Å². The summed E-state index contributed by atoms with van der Waals surface area (Å²) in [6.07, 6.45) is 3.84. The first-order valence-electron chi connectivity index (χ1n) is 20.8. The first kappa shape index (κ1) is 59.6. The predicted octanol–water partition coefficient (Wildman–Crippen LogP) is 5.16. The number of amides is 4. The fraction of sp³-hybridized carbons (Fsp3) is 0.438. The minimum atomic E-state index is -0.404. The van der Waals surface area contributed by atoms with Gasteiger partial charge >= 0.3 is 0 Å². The molecule has 2 aromatic heterocycles. The number of H-pyrrole nitrogens is 2. The number of carbonyl (C=O) groups excluding carboxylic acids is 4. The number of rotatable bonds is 13. The number of anilines is 2. The number of hydrogen-bond acceptors (Lipinski definition) is 6. The van der Waals surface area contributed by atoms with E-state index < -0.39 is 5.82 Å². The molecule has 0 saturated carbocycles. The van der Waals surface area contributed by atoms with Gasteiger partial charge in [0, 0.05) is 66.4 Å². The Hall–Kier alpha value is -5.35. The molecule has 6 rings (SSSR count). The van der Waals surface area contributed by atoms with Crippen molar-refractivity contribution in [1.82, 2.24) is 30.4 Å². The molecule has 0 bridgehead atoms. The number of aryl methyl sites for hydroxylation is 3. The number of carbonyl (C=O) groups is 4. The molecular weight excluding hydrogens is 875 g/mol. The number of fused-ring (bicyclic) bond motifs is 2. The van der Waals surface area contributed by atoms with Crippen molar-refractivity contribution in [3.05, 3.63) is 105 Å². The van der Waals surface area contributed by atoms with Gasteiger partial charge in [-0.25, -0.2) is 13.4 Å². The van der Waals surface area contributed by atoms with E-state index in [0.29, 0.717) is 47.6 Å². The Balaban J connectivity index is 0.000000963. The van der Waals surface area contributed by atoms with Crippen LogP contribution in [0.3, 0.4) is 0 Å². The Labute approximate surface area is 396 Å². The summed E-state index contributed by atoms with van der Waals surface area (Å²) in [4.78, 5) is 58.6. The first-order valence-corrected chi connectivity index (χ1v) is 21.3. The second-order valence-corrected chi connectivity index (χ2v) is 15.2. The Bertz CT molecular complexity index is 2220. The van der Waals surface area contributed by atoms with E-state index in [-0.39, 0.29) is 56.7 Å². The summed E-state index contributed by atoms with van der Waals surface area (Å²) >= 11 is 5.14. The van der Waals surface area contributed by atoms with E-state index in [0.717, 1.165) is 78.6 Å². The SMILES string of the molecule is C.C.CCN(CC)CCNC(=O)c1c(C)[nH]c(/C=C2\C(=O)Nc3ccc(F)cc32)c1C.CCN(CC)CCNC(=O)c1c(C)c[nH]c1C.C[N+](C)=CCl.O=C1Cc2cc(F)ccc2N1.[Cl-]. The van der Waals surface area contributed by atoms with Crippen molar-refractivity contribution in [1.29, 1.82) is 0 Å². The molecule has 6 N–H and O–H groups in total. The Kier molecular flexibility index (Phi) is 26.8. The van der Waals surface area contributed by atoms with Gasteiger partial charge < -0.3 is 53.4 Å². The van der Waals surface area contributed by atoms with Crippen molar-refractivity contribution >= 4 is 63.9 Å². The van der Waals surface area contributed by atoms with Gasteiger partial charge in [0.2, 0.25) is 11.6 Å². The largest absolute Gasteiger partial charge is 1.00 e. The average molecular weight is 947 g/mol. The maximum absolute atomic E-state index is 13.7. The van der Waals surface area contributed by atoms with Crippen LogP contribution in [0.1, 0.15) is 103 Å². The molecule has 0 radical (unpaired) electrons. The van der Waals surface area contributed by atoms with Crippen molar-refractivity contribution in [3.63, 3.8) is 0 Å². The van der Waals surface area contributed by atoms with Crippen LogP contribution in [0.2, 0.25) is 0 Å². The third-order valence-corrected chi connectivity index (χ3v) is 10.8. The van der Waals surface area contributed by atoms with Gasteiger partial charge in [0.15, 0.2) is 0 Å². The molecule has 0 aliphatic carbocycles. The van der Waals surface area contributed by atoms with E-state index in [1.54, 1.807) is 22.8 Å². The van der Waals surface area contributed by atoms with Crippen molar-refractivity contribution in [2.75, 3.05) is 77.1 Å². The summed E-state index contributed by atoms with van der Waals surface area (Å²) in [7, 11) is 3.74. The number of aromatic nitrogens is 2. The van der Waals surface area contributed by atoms with Gasteiger partial charge in [-0.3, -0.25) is 19.2 Å². The maximum atomic E-state index is 13.7. The van der Waals surface area contributed by atoms with Gasteiger partial charge in [-0.1, -0.05) is 42.5 Å². The monoisotopic (exact) mass is 945 g/mol. The summed E-state index contributed by atoms with van der Waals surface area (Å²) < 4.78 is 28.0. The van der Waals surface area contributed by atoms with Crippen LogP contribution >= 0.6 is 11.6 Å². The van der Waals surface area contributed by atoms with Crippen LogP contribution in [0.4, 0.5) is 20.2 Å². The third-order valence-electron chi connectivity index (χ3n) is 10.4. The van der Waals surface area contributed by atoms with Crippen LogP contribution in [0.25, 0.3) is 11.6 Å². The van der Waals surface area contributed by atoms with E-state index in [2.05, 4.69) is 68.7 Å². The second-order valence-electron chi connectivity index (χ2n) is 15.0. The van der Waals surface area contributed by atoms with E-state index in [1.807, 2.05) is 48.0 Å². The molecule has 0 spiro atoms. The average Bonchev–Trinajstić information content (AvgIpc) is 3.96. The number of hydrogen-bond donors (Lipinski definition) is 6. The minimum absolute atomic E-state index is 0. The van der Waals surface area contributed by atoms with E-state index >= 15 is 0 Å². The van der Waals surface area contributed by atoms with Gasteiger partial charge in [-0.05, 0) is 125 Å². The fourth-order valence-corrected chi connectivity index (χ4v) is 6.82. The van der Waals surface area contributed by atoms with Gasteiger partial charge in [-0.15, -0.1) is 0 Å². The third kappa shape index (κ3) is 17.5. The maximum Gasteiger partial charge on any atom is 0.256 e. The van der Waals surface area contributed by atoms with Crippen LogP contribution in [0.5, 0.6) is 0 Å². The fourth-order valence-electron chi connectivity index (χ4n) is 6.82. The predicted molar refractivity (Wildman–Crippen MR) is 260 cm³/mol. The molecule has 13 nitrogen and oxygen atoms in total. The zero-order chi connectivity index (χ0) is 46.1. The molecule has 65 heavy (non-hydrogen) atoms. The van der Waals surface area contributed by atoms with Crippen LogP contribution in [-0.2, 0) is 16.0 Å². The first-order chi connectivity index (χ1) is 29.5. The molecule has 4 heterocycles. The molecule has 2 aromatic carbocycles. The Morgan fingerprint density at radius 2 is 1.29 bits per heavy atom. The standard InChI is InChI=1S/C22H27FN4O2.C13H23N3O.C8H6FNO.C3H7ClN.2CH4.ClH/c1-5-27(6-2)10-9-24-22(29)20-13(3)19(25-14(20)4)12-17-16-11-15(23)7-8-18(16)26-21(17)28;1-5-16(6-2)8-7-14-13(17)12-10(3)9-15-11(12)4;9-6-1-2-7-5(3-6)4-8(11)10-7;1-5(2)3-4;;;/h7-8,11-12,25H,5-6,9-10H2,1-4H3,(H,24,29)(H,26,28);9,15H,5-8H2,1-4H3,(H,14,17);1-3H,4H2,(H,10,11);3H,1-2H3;2*1H4;1H/q;;;+1;;;/p-1/b17-12-;;;;;;. The quantitative estimate of drug-likeness (QED) is 0.0619. The molecule has 0 unspecified atom stereocenters. The lowest BCUT2D eigenvalue weighted by molar-refractivity contribution is -0.457. The van der Waals surface area contributed by atoms with Gasteiger partial charge in [0.25, 0.3) is 17.7 Å². The van der Waals surface area contributed by atoms with Crippen LogP contribution < -0.4 is 33.7 Å². The smallest absolute Gasteiger partial charge is 0.256 e. The highest BCUT2D eigenvalue weighted by atomic mass is 35.5. The lowest BCUT2D eigenvalue weighted by atomic mass is 10.0. The Morgan fingerprint density at radius 3 is 1.78 bits per heavy atom. The number of nitrogens with one attached hydrogen (secondary N) is 6. The highest BCUT2D eigenvalue weighted by Gasteiger charge is 2.26. The highest BCUT2D eigenvalue weighted by molar-refractivity contribution is 6.54. The molecule has 2 aliphatic heterocycles. The van der Waals surface area contributed by atoms with Gasteiger partial charge in [0.05, 0.1) is 23.1 Å². The van der Waals surface area contributed by atoms with Gasteiger partial charge in [-0.2, -0.15) is 0 Å². The summed E-state index contributed by atoms with van der Waals surface area (Å²) in [5.74, 6) is -1.17. The number of likely N-dealkylation sites (N-methyl/N-ethyl adjacent to an activating group) is 2. The van der Waals surface area contributed by atoms with E-state index in [1.165, 1.54) is 29.9 Å². The van der Waals surface area contributed by atoms with Gasteiger partial charge in [0.1, 0.15) is 25.7 Å². The zero-order valence-corrected chi connectivity index (χ0v) is 39.6. The Morgan fingerprint density at radius 1 is 0.785 bits per heavy atom. The van der Waals surface area contributed by atoms with Crippen molar-refractivity contribution in [2.45, 2.75) is 76.7 Å². The number of halogens is 4. The van der Waals surface area contributed by atoms with Crippen molar-refractivity contribution in [3.8, 4) is 0 Å². The summed E-state index contributed by atoms with van der Waals surface area (Å²) in [5, 5.41) is 11.3. The van der Waals surface area contributed by atoms with Crippen LogP contribution in [-0.4, -0.2) is 120 Å². The molecule has 0 atom stereocenters. The summed E-state index contributed by atoms with van der Waals surface area (Å²) in [6, 6.07) is 8.50. The summed E-state index contributed by atoms with van der Waals surface area (Å²) in [5.41, 5.74) is 9.87. The molecule has 4 amide bonds. The molecule has 2 aliphatic rings. The van der Waals surface area contributed by atoms with Crippen LogP contribution in [0, 0.1) is 39.3 Å². The summed E-state index contributed by atoms with van der Waals surface area (Å²) in [6.45, 7) is 22.9. The molecule has 0 saturated heterocycles. The number of nitrogens with zero attached hydrogens (tertiary/aromatic N) is 3. The normalized spacial score (nSPS) is 12.3. The topological polar surface area (TPSA) is 157 Å². The number of aromatic amines is 2. The van der Waals surface area contributed by atoms with Crippen molar-refractivity contribution in [2.24, 2.45) is 0 Å². The van der Waals surface area contributed by atoms with E-state index in [4.69, 9.17) is 11.6 Å². The number of benzene rings is 2. The molecule has 4 aromatic rings. The second kappa shape index (κ2) is 29.2. The molecule has 17 heteroatoms. The molecule has 0 fully saturated rings. The van der Waals surface area contributed by atoms with Crippen molar-refractivity contribution < 1.29 is 44.9 Å². The molecule has 360 valence electrons. The minimum Gasteiger partial charge on any atom is -1.00 e. The lowest BCUT2D eigenvalue weighted by Crippen LogP contribution is -3.00. The zero-order valence-electron chi connectivity index (χ0n) is 38.0.